The van der Waals surface area contributed by atoms with Crippen molar-refractivity contribution < 1.29 is 0 Å². The Balaban J connectivity index is 1.72. The third-order valence-electron chi connectivity index (χ3n) is 5.25. The normalized spacial score (nSPS) is 30.0. The molecule has 2 heteroatoms. The molecule has 0 amide bonds. The molecule has 0 aromatic heterocycles. The van der Waals surface area contributed by atoms with Gasteiger partial charge in [-0.05, 0) is 58.0 Å². The Labute approximate surface area is 120 Å². The van der Waals surface area contributed by atoms with Crippen LogP contribution in [0.2, 0.25) is 0 Å². The highest BCUT2D eigenvalue weighted by molar-refractivity contribution is 4.89. The number of nitrogens with one attached hydrogen (secondary N) is 1. The number of unbranched alkanes of at least 4 members (excludes halogenated alkanes) is 2. The van der Waals surface area contributed by atoms with Gasteiger partial charge in [0, 0.05) is 18.6 Å². The van der Waals surface area contributed by atoms with E-state index >= 15 is 0 Å². The van der Waals surface area contributed by atoms with Crippen molar-refractivity contribution in [3.8, 4) is 0 Å². The van der Waals surface area contributed by atoms with Gasteiger partial charge in [-0.3, -0.25) is 4.90 Å². The van der Waals surface area contributed by atoms with E-state index in [0.29, 0.717) is 0 Å². The van der Waals surface area contributed by atoms with Crippen LogP contribution in [0.1, 0.15) is 71.6 Å². The van der Waals surface area contributed by atoms with E-state index in [1.165, 1.54) is 77.4 Å². The maximum Gasteiger partial charge on any atom is 0.0195 e. The summed E-state index contributed by atoms with van der Waals surface area (Å²) >= 11 is 0. The molecular weight excluding hydrogens is 232 g/mol. The second-order valence-corrected chi connectivity index (χ2v) is 6.75. The summed E-state index contributed by atoms with van der Waals surface area (Å²) in [6.45, 7) is 8.45. The predicted octanol–water partition coefficient (Wildman–Crippen LogP) is 3.81. The van der Waals surface area contributed by atoms with E-state index in [0.717, 1.165) is 18.0 Å². The van der Waals surface area contributed by atoms with Crippen molar-refractivity contribution in [2.75, 3.05) is 19.6 Å². The number of hydrogen-bond donors (Lipinski definition) is 1. The van der Waals surface area contributed by atoms with E-state index < -0.39 is 0 Å². The van der Waals surface area contributed by atoms with Gasteiger partial charge in [0.05, 0.1) is 0 Å². The van der Waals surface area contributed by atoms with Crippen LogP contribution in [-0.4, -0.2) is 36.6 Å². The summed E-state index contributed by atoms with van der Waals surface area (Å²) in [7, 11) is 0. The molecule has 2 rings (SSSR count). The molecule has 2 nitrogen and oxygen atoms in total. The van der Waals surface area contributed by atoms with Gasteiger partial charge in [0.2, 0.25) is 0 Å². The van der Waals surface area contributed by atoms with E-state index in [1.807, 2.05) is 0 Å². The lowest BCUT2D eigenvalue weighted by atomic mass is 9.78. The Morgan fingerprint density at radius 2 is 1.89 bits per heavy atom. The van der Waals surface area contributed by atoms with Gasteiger partial charge in [-0.25, -0.2) is 0 Å². The molecule has 0 spiro atoms. The summed E-state index contributed by atoms with van der Waals surface area (Å²) in [5.41, 5.74) is 0. The van der Waals surface area contributed by atoms with Gasteiger partial charge in [0.15, 0.2) is 0 Å². The lowest BCUT2D eigenvalue weighted by Crippen LogP contribution is -2.53. The zero-order valence-electron chi connectivity index (χ0n) is 13.2. The highest BCUT2D eigenvalue weighted by Gasteiger charge is 2.34. The van der Waals surface area contributed by atoms with E-state index in [2.05, 4.69) is 24.1 Å². The second kappa shape index (κ2) is 8.26. The third kappa shape index (κ3) is 4.46. The Morgan fingerprint density at radius 3 is 2.74 bits per heavy atom. The second-order valence-electron chi connectivity index (χ2n) is 6.75. The van der Waals surface area contributed by atoms with Crippen LogP contribution >= 0.6 is 0 Å². The number of piperidine rings is 1. The summed E-state index contributed by atoms with van der Waals surface area (Å²) in [6, 6.07) is 1.64. The fourth-order valence-electron chi connectivity index (χ4n) is 4.14. The maximum absolute atomic E-state index is 3.67. The van der Waals surface area contributed by atoms with Gasteiger partial charge in [-0.15, -0.1) is 0 Å². The first-order chi connectivity index (χ1) is 9.33. The molecule has 19 heavy (non-hydrogen) atoms. The van der Waals surface area contributed by atoms with Crippen molar-refractivity contribution in [2.45, 2.75) is 83.7 Å². The average molecular weight is 266 g/mol. The van der Waals surface area contributed by atoms with Crippen LogP contribution in [0.25, 0.3) is 0 Å². The summed E-state index contributed by atoms with van der Waals surface area (Å²) in [5, 5.41) is 3.67. The number of rotatable bonds is 7. The molecule has 0 radical (unpaired) electrons. The van der Waals surface area contributed by atoms with Crippen LogP contribution in [0.15, 0.2) is 0 Å². The predicted molar refractivity (Wildman–Crippen MR) is 83.5 cm³/mol. The first-order valence-electron chi connectivity index (χ1n) is 8.79. The number of hydrogen-bond acceptors (Lipinski definition) is 2. The summed E-state index contributed by atoms with van der Waals surface area (Å²) in [6.07, 6.45) is 12.9. The fourth-order valence-corrected chi connectivity index (χ4v) is 4.14. The molecule has 3 unspecified atom stereocenters. The Hall–Kier alpha value is -0.0800. The minimum atomic E-state index is 0.729. The maximum atomic E-state index is 3.67. The van der Waals surface area contributed by atoms with Crippen LogP contribution in [0.3, 0.4) is 0 Å². The monoisotopic (exact) mass is 266 g/mol. The molecule has 1 N–H and O–H groups in total. The van der Waals surface area contributed by atoms with Crippen molar-refractivity contribution >= 4 is 0 Å². The first-order valence-corrected chi connectivity index (χ1v) is 8.79. The van der Waals surface area contributed by atoms with Crippen LogP contribution in [0.4, 0.5) is 0 Å². The molecular formula is C17H34N2. The quantitative estimate of drug-likeness (QED) is 0.705. The highest BCUT2D eigenvalue weighted by Crippen LogP contribution is 2.36. The molecule has 0 bridgehead atoms. The van der Waals surface area contributed by atoms with E-state index in [9.17, 15) is 0 Å². The molecule has 2 fully saturated rings. The largest absolute Gasteiger partial charge is 0.315 e. The number of nitrogens with zero attached hydrogens (tertiary/aromatic N) is 1. The molecule has 0 aromatic rings. The minimum absolute atomic E-state index is 0.729. The van der Waals surface area contributed by atoms with Crippen molar-refractivity contribution in [1.82, 2.24) is 10.2 Å². The number of likely N-dealkylation sites (tertiary alicyclic amines) is 1. The molecule has 1 aliphatic carbocycles. The van der Waals surface area contributed by atoms with Gasteiger partial charge in [0.25, 0.3) is 0 Å². The SMILES string of the molecule is CCCCCNCC(C)N1CCCC2CCCCC21. The lowest BCUT2D eigenvalue weighted by molar-refractivity contribution is 0.0315. The fraction of sp³-hybridized carbons (Fsp3) is 1.00. The summed E-state index contributed by atoms with van der Waals surface area (Å²) in [4.78, 5) is 2.83. The van der Waals surface area contributed by atoms with Gasteiger partial charge >= 0.3 is 0 Å². The Bertz CT molecular complexity index is 239. The molecule has 3 atom stereocenters. The van der Waals surface area contributed by atoms with Crippen LogP contribution in [0, 0.1) is 5.92 Å². The molecule has 2 aliphatic rings. The standard InChI is InChI=1S/C17H34N2/c1-3-4-7-12-18-14-15(2)19-13-8-10-16-9-5-6-11-17(16)19/h15-18H,3-14H2,1-2H3. The summed E-state index contributed by atoms with van der Waals surface area (Å²) in [5.74, 6) is 1.02. The molecule has 1 saturated heterocycles. The molecule has 0 aromatic carbocycles. The topological polar surface area (TPSA) is 15.3 Å². The van der Waals surface area contributed by atoms with Crippen LogP contribution in [0.5, 0.6) is 0 Å². The molecule has 112 valence electrons. The van der Waals surface area contributed by atoms with E-state index in [-0.39, 0.29) is 0 Å². The summed E-state index contributed by atoms with van der Waals surface area (Å²) < 4.78 is 0. The Kier molecular flexibility index (Phi) is 6.66. The minimum Gasteiger partial charge on any atom is -0.315 e. The van der Waals surface area contributed by atoms with Crippen LogP contribution < -0.4 is 5.32 Å². The molecule has 1 aliphatic heterocycles. The van der Waals surface area contributed by atoms with E-state index in [1.54, 1.807) is 0 Å². The van der Waals surface area contributed by atoms with Crippen LogP contribution in [-0.2, 0) is 0 Å². The van der Waals surface area contributed by atoms with E-state index in [4.69, 9.17) is 0 Å². The molecule has 1 saturated carbocycles. The lowest BCUT2D eigenvalue weighted by Gasteiger charge is -2.47. The van der Waals surface area contributed by atoms with Crippen molar-refractivity contribution in [2.24, 2.45) is 5.92 Å². The van der Waals surface area contributed by atoms with Crippen molar-refractivity contribution in [3.05, 3.63) is 0 Å². The molecule has 1 heterocycles. The van der Waals surface area contributed by atoms with Gasteiger partial charge < -0.3 is 5.32 Å². The van der Waals surface area contributed by atoms with Gasteiger partial charge in [-0.1, -0.05) is 32.6 Å². The van der Waals surface area contributed by atoms with Crippen molar-refractivity contribution in [1.29, 1.82) is 0 Å². The van der Waals surface area contributed by atoms with Gasteiger partial charge in [-0.2, -0.15) is 0 Å². The zero-order valence-corrected chi connectivity index (χ0v) is 13.2. The van der Waals surface area contributed by atoms with Crippen molar-refractivity contribution in [3.63, 3.8) is 0 Å². The Morgan fingerprint density at radius 1 is 1.11 bits per heavy atom. The first kappa shape index (κ1) is 15.3. The average Bonchev–Trinajstić information content (AvgIpc) is 2.46. The zero-order chi connectivity index (χ0) is 13.5. The smallest absolute Gasteiger partial charge is 0.0195 e. The number of fused-ring (bicyclic) bond motifs is 1. The highest BCUT2D eigenvalue weighted by atomic mass is 15.2. The third-order valence-corrected chi connectivity index (χ3v) is 5.25. The van der Waals surface area contributed by atoms with Gasteiger partial charge in [0.1, 0.15) is 0 Å².